The van der Waals surface area contributed by atoms with Crippen LogP contribution in [-0.2, 0) is 4.79 Å². The van der Waals surface area contributed by atoms with Gasteiger partial charge in [0.1, 0.15) is 0 Å². The maximum atomic E-state index is 11.9. The van der Waals surface area contributed by atoms with Crippen LogP contribution in [0.5, 0.6) is 0 Å². The molecule has 1 aromatic carbocycles. The second-order valence-electron chi connectivity index (χ2n) is 3.91. The highest BCUT2D eigenvalue weighted by molar-refractivity contribution is 8.03. The van der Waals surface area contributed by atoms with E-state index < -0.39 is 0 Å². The Bertz CT molecular complexity index is 594. The molecule has 2 rings (SSSR count). The minimum absolute atomic E-state index is 0.100. The first-order valence-corrected chi connectivity index (χ1v) is 8.78. The number of carbonyl (C=O) groups is 1. The van der Waals surface area contributed by atoms with Gasteiger partial charge < -0.3 is 11.1 Å². The standard InChI is InChI=1S/C12H14N4OS3/c1-7-4-3-5-8(13)10(7)14-9(17)6-19-12-16-15-11(18-2)20-12/h3-5H,6,13H2,1-2H3,(H,14,17). The van der Waals surface area contributed by atoms with E-state index >= 15 is 0 Å². The van der Waals surface area contributed by atoms with Crippen LogP contribution in [0, 0.1) is 6.92 Å². The summed E-state index contributed by atoms with van der Waals surface area (Å²) >= 11 is 4.41. The van der Waals surface area contributed by atoms with E-state index in [0.717, 1.165) is 14.2 Å². The van der Waals surface area contributed by atoms with Crippen molar-refractivity contribution in [2.24, 2.45) is 0 Å². The molecule has 0 unspecified atom stereocenters. The molecule has 0 atom stereocenters. The summed E-state index contributed by atoms with van der Waals surface area (Å²) in [6.07, 6.45) is 1.95. The summed E-state index contributed by atoms with van der Waals surface area (Å²) in [5.41, 5.74) is 8.06. The zero-order valence-electron chi connectivity index (χ0n) is 11.0. The van der Waals surface area contributed by atoms with Gasteiger partial charge >= 0.3 is 0 Å². The van der Waals surface area contributed by atoms with Crippen LogP contribution in [0.2, 0.25) is 0 Å². The van der Waals surface area contributed by atoms with Crippen molar-refractivity contribution in [1.82, 2.24) is 10.2 Å². The fraction of sp³-hybridized carbons (Fsp3) is 0.250. The smallest absolute Gasteiger partial charge is 0.234 e. The molecule has 0 aliphatic heterocycles. The second kappa shape index (κ2) is 6.96. The van der Waals surface area contributed by atoms with Gasteiger partial charge in [-0.15, -0.1) is 10.2 Å². The highest BCUT2D eigenvalue weighted by Crippen LogP contribution is 2.28. The summed E-state index contributed by atoms with van der Waals surface area (Å²) in [4.78, 5) is 11.9. The monoisotopic (exact) mass is 326 g/mol. The molecule has 0 saturated heterocycles. The lowest BCUT2D eigenvalue weighted by molar-refractivity contribution is -0.113. The summed E-state index contributed by atoms with van der Waals surface area (Å²) in [5, 5.41) is 10.8. The molecule has 0 bridgehead atoms. The van der Waals surface area contributed by atoms with Crippen LogP contribution in [0.4, 0.5) is 11.4 Å². The van der Waals surface area contributed by atoms with Gasteiger partial charge in [-0.05, 0) is 24.8 Å². The van der Waals surface area contributed by atoms with E-state index in [0.29, 0.717) is 11.4 Å². The molecule has 2 aromatic rings. The third-order valence-corrected chi connectivity index (χ3v) is 5.49. The van der Waals surface area contributed by atoms with Crippen LogP contribution < -0.4 is 11.1 Å². The van der Waals surface area contributed by atoms with Crippen molar-refractivity contribution >= 4 is 52.1 Å². The number of nitrogens with one attached hydrogen (secondary N) is 1. The Morgan fingerprint density at radius 1 is 1.40 bits per heavy atom. The molecule has 1 amide bonds. The molecule has 0 saturated carbocycles. The number of hydrogen-bond donors (Lipinski definition) is 2. The van der Waals surface area contributed by atoms with Crippen LogP contribution in [0.15, 0.2) is 26.9 Å². The minimum atomic E-state index is -0.100. The van der Waals surface area contributed by atoms with Gasteiger partial charge in [-0.2, -0.15) is 0 Å². The number of anilines is 2. The Morgan fingerprint density at radius 3 is 2.80 bits per heavy atom. The third-order valence-electron chi connectivity index (χ3n) is 2.46. The predicted molar refractivity (Wildman–Crippen MR) is 86.6 cm³/mol. The van der Waals surface area contributed by atoms with Crippen molar-refractivity contribution in [3.05, 3.63) is 23.8 Å². The van der Waals surface area contributed by atoms with E-state index in [2.05, 4.69) is 15.5 Å². The van der Waals surface area contributed by atoms with E-state index in [1.807, 2.05) is 25.3 Å². The van der Waals surface area contributed by atoms with Crippen molar-refractivity contribution in [2.45, 2.75) is 15.6 Å². The van der Waals surface area contributed by atoms with Crippen LogP contribution in [-0.4, -0.2) is 28.1 Å². The SMILES string of the molecule is CSc1nnc(SCC(=O)Nc2c(C)cccc2N)s1. The molecule has 0 aliphatic rings. The summed E-state index contributed by atoms with van der Waals surface area (Å²) in [6, 6.07) is 5.54. The second-order valence-corrected chi connectivity index (χ2v) is 7.17. The number of rotatable bonds is 5. The number of carbonyl (C=O) groups excluding carboxylic acids is 1. The molecule has 0 aliphatic carbocycles. The molecule has 1 aromatic heterocycles. The number of thioether (sulfide) groups is 2. The number of hydrogen-bond acceptors (Lipinski definition) is 7. The lowest BCUT2D eigenvalue weighted by atomic mass is 10.1. The Hall–Kier alpha value is -1.25. The number of amides is 1. The number of aromatic nitrogens is 2. The lowest BCUT2D eigenvalue weighted by Crippen LogP contribution is -2.16. The molecule has 1 heterocycles. The normalized spacial score (nSPS) is 10.5. The van der Waals surface area contributed by atoms with Gasteiger partial charge in [0.05, 0.1) is 17.1 Å². The van der Waals surface area contributed by atoms with E-state index in [4.69, 9.17) is 5.73 Å². The number of benzene rings is 1. The Morgan fingerprint density at radius 2 is 2.15 bits per heavy atom. The highest BCUT2D eigenvalue weighted by Gasteiger charge is 2.10. The van der Waals surface area contributed by atoms with Crippen LogP contribution in [0.25, 0.3) is 0 Å². The van der Waals surface area contributed by atoms with Gasteiger partial charge in [0.25, 0.3) is 0 Å². The maximum absolute atomic E-state index is 11.9. The number of nitrogens with two attached hydrogens (primary N) is 1. The van der Waals surface area contributed by atoms with Gasteiger partial charge in [-0.25, -0.2) is 0 Å². The number of nitrogens with zero attached hydrogens (tertiary/aromatic N) is 2. The molecule has 3 N–H and O–H groups in total. The molecule has 0 fully saturated rings. The summed E-state index contributed by atoms with van der Waals surface area (Å²) in [6.45, 7) is 1.91. The first kappa shape index (κ1) is 15.1. The molecule has 0 spiro atoms. The van der Waals surface area contributed by atoms with Crippen molar-refractivity contribution in [2.75, 3.05) is 23.1 Å². The minimum Gasteiger partial charge on any atom is -0.397 e. The molecule has 0 radical (unpaired) electrons. The zero-order valence-corrected chi connectivity index (χ0v) is 13.5. The molecule has 8 heteroatoms. The Labute approximate surface area is 129 Å². The summed E-state index contributed by atoms with van der Waals surface area (Å²) < 4.78 is 1.69. The lowest BCUT2D eigenvalue weighted by Gasteiger charge is -2.10. The van der Waals surface area contributed by atoms with Crippen LogP contribution in [0.1, 0.15) is 5.56 Å². The van der Waals surface area contributed by atoms with Gasteiger partial charge in [0.15, 0.2) is 8.68 Å². The quantitative estimate of drug-likeness (QED) is 0.649. The van der Waals surface area contributed by atoms with Crippen LogP contribution in [0.3, 0.4) is 0 Å². The van der Waals surface area contributed by atoms with E-state index in [1.165, 1.54) is 23.1 Å². The van der Waals surface area contributed by atoms with E-state index in [9.17, 15) is 4.79 Å². The van der Waals surface area contributed by atoms with Crippen molar-refractivity contribution in [3.63, 3.8) is 0 Å². The summed E-state index contributed by atoms with van der Waals surface area (Å²) in [7, 11) is 0. The van der Waals surface area contributed by atoms with Crippen molar-refractivity contribution < 1.29 is 4.79 Å². The maximum Gasteiger partial charge on any atom is 0.234 e. The predicted octanol–water partition coefficient (Wildman–Crippen LogP) is 2.88. The van der Waals surface area contributed by atoms with Crippen molar-refractivity contribution in [1.29, 1.82) is 0 Å². The summed E-state index contributed by atoms with van der Waals surface area (Å²) in [5.74, 6) is 0.188. The Kier molecular flexibility index (Phi) is 5.27. The van der Waals surface area contributed by atoms with E-state index in [-0.39, 0.29) is 11.7 Å². The fourth-order valence-electron chi connectivity index (χ4n) is 1.50. The molecule has 106 valence electrons. The molecular weight excluding hydrogens is 312 g/mol. The first-order valence-electron chi connectivity index (χ1n) is 5.75. The van der Waals surface area contributed by atoms with Gasteiger partial charge in [0, 0.05) is 0 Å². The third kappa shape index (κ3) is 3.87. The van der Waals surface area contributed by atoms with Crippen molar-refractivity contribution in [3.8, 4) is 0 Å². The van der Waals surface area contributed by atoms with Gasteiger partial charge in [-0.3, -0.25) is 4.79 Å². The highest BCUT2D eigenvalue weighted by atomic mass is 32.2. The average Bonchev–Trinajstić information content (AvgIpc) is 2.89. The van der Waals surface area contributed by atoms with Gasteiger partial charge in [-0.1, -0.05) is 47.0 Å². The molecular formula is C12H14N4OS3. The topological polar surface area (TPSA) is 80.9 Å². The van der Waals surface area contributed by atoms with E-state index in [1.54, 1.807) is 17.8 Å². The zero-order chi connectivity index (χ0) is 14.5. The number of para-hydroxylation sites is 1. The molecule has 20 heavy (non-hydrogen) atoms. The molecule has 5 nitrogen and oxygen atoms in total. The van der Waals surface area contributed by atoms with Crippen LogP contribution >= 0.6 is 34.9 Å². The largest absolute Gasteiger partial charge is 0.397 e. The number of aryl methyl sites for hydroxylation is 1. The fourth-order valence-corrected chi connectivity index (χ4v) is 3.74. The van der Waals surface area contributed by atoms with Gasteiger partial charge in [0.2, 0.25) is 5.91 Å². The first-order chi connectivity index (χ1) is 9.60. The Balaban J connectivity index is 1.92. The average molecular weight is 326 g/mol. The number of nitrogen functional groups attached to an aromatic ring is 1.